The molecule has 0 aromatic rings. The smallest absolute Gasteiger partial charge is 0.365 e. The molecule has 0 saturated carbocycles. The number of hydrogen-bond donors (Lipinski definition) is 1. The molecule has 0 fully saturated rings. The van der Waals surface area contributed by atoms with Gasteiger partial charge in [0.2, 0.25) is 0 Å². The van der Waals surface area contributed by atoms with E-state index in [4.69, 9.17) is 5.73 Å². The summed E-state index contributed by atoms with van der Waals surface area (Å²) < 4.78 is 30.8. The molecule has 1 aliphatic heterocycles. The SMILES string of the molecule is CCCCCCCCCCCCN1OS(=O)(=O)ON=C1N. The largest absolute Gasteiger partial charge is 0.491 e. The van der Waals surface area contributed by atoms with Crippen molar-refractivity contribution in [1.82, 2.24) is 5.06 Å². The van der Waals surface area contributed by atoms with Gasteiger partial charge in [0.1, 0.15) is 0 Å². The van der Waals surface area contributed by atoms with Crippen LogP contribution in [-0.2, 0) is 19.0 Å². The van der Waals surface area contributed by atoms with Gasteiger partial charge in [0.05, 0.1) is 6.54 Å². The fraction of sp³-hybridized carbons (Fsp3) is 0.923. The van der Waals surface area contributed by atoms with Gasteiger partial charge in [-0.2, -0.15) is 13.5 Å². The van der Waals surface area contributed by atoms with Gasteiger partial charge in [-0.15, -0.1) is 4.28 Å². The zero-order valence-corrected chi connectivity index (χ0v) is 13.6. The number of nitrogens with two attached hydrogens (primary N) is 1. The van der Waals surface area contributed by atoms with Crippen LogP contribution in [0.25, 0.3) is 0 Å². The fourth-order valence-electron chi connectivity index (χ4n) is 2.19. The van der Waals surface area contributed by atoms with Crippen LogP contribution in [-0.4, -0.2) is 26.0 Å². The van der Waals surface area contributed by atoms with Crippen molar-refractivity contribution in [1.29, 1.82) is 0 Å². The zero-order valence-electron chi connectivity index (χ0n) is 12.8. The highest BCUT2D eigenvalue weighted by atomic mass is 32.3. The number of oxime groups is 1. The third-order valence-corrected chi connectivity index (χ3v) is 3.99. The lowest BCUT2D eigenvalue weighted by Gasteiger charge is -2.22. The summed E-state index contributed by atoms with van der Waals surface area (Å²) in [6, 6.07) is 0. The molecule has 0 amide bonds. The summed E-state index contributed by atoms with van der Waals surface area (Å²) in [6.07, 6.45) is 12.1. The molecule has 0 bridgehead atoms. The van der Waals surface area contributed by atoms with Crippen molar-refractivity contribution < 1.29 is 17.0 Å². The Hall–Kier alpha value is -1.02. The summed E-state index contributed by atoms with van der Waals surface area (Å²) in [4.78, 5) is 0. The number of hydroxylamine groups is 2. The molecule has 0 unspecified atom stereocenters. The summed E-state index contributed by atoms with van der Waals surface area (Å²) in [6.45, 7) is 2.62. The molecule has 124 valence electrons. The van der Waals surface area contributed by atoms with Gasteiger partial charge < -0.3 is 5.73 Å². The first kappa shape index (κ1) is 18.0. The quantitative estimate of drug-likeness (QED) is 0.588. The Balaban J connectivity index is 1.99. The lowest BCUT2D eigenvalue weighted by atomic mass is 10.1. The summed E-state index contributed by atoms with van der Waals surface area (Å²) in [7, 11) is -4.07. The van der Waals surface area contributed by atoms with Crippen LogP contribution in [0.3, 0.4) is 0 Å². The summed E-state index contributed by atoms with van der Waals surface area (Å²) in [5.41, 5.74) is 5.48. The van der Waals surface area contributed by atoms with Crippen LogP contribution < -0.4 is 5.73 Å². The molecule has 0 aliphatic carbocycles. The number of nitrogens with zero attached hydrogens (tertiary/aromatic N) is 2. The zero-order chi connectivity index (χ0) is 15.6. The molecule has 8 heteroatoms. The molecular weight excluding hydrogens is 294 g/mol. The van der Waals surface area contributed by atoms with Crippen LogP contribution in [0.4, 0.5) is 0 Å². The van der Waals surface area contributed by atoms with Gasteiger partial charge in [0, 0.05) is 0 Å². The average Bonchev–Trinajstić information content (AvgIpc) is 2.44. The van der Waals surface area contributed by atoms with Crippen molar-refractivity contribution in [2.45, 2.75) is 71.1 Å². The highest BCUT2D eigenvalue weighted by Crippen LogP contribution is 2.13. The monoisotopic (exact) mass is 321 g/mol. The maximum absolute atomic E-state index is 11.0. The van der Waals surface area contributed by atoms with E-state index in [0.29, 0.717) is 6.54 Å². The van der Waals surface area contributed by atoms with E-state index in [0.717, 1.165) is 24.3 Å². The summed E-state index contributed by atoms with van der Waals surface area (Å²) in [5.74, 6) is -0.0688. The number of hydrogen-bond acceptors (Lipinski definition) is 7. The van der Waals surface area contributed by atoms with Crippen molar-refractivity contribution >= 4 is 16.4 Å². The van der Waals surface area contributed by atoms with E-state index in [9.17, 15) is 8.42 Å². The molecule has 1 heterocycles. The van der Waals surface area contributed by atoms with E-state index in [1.165, 1.54) is 44.9 Å². The second-order valence-electron chi connectivity index (χ2n) is 5.29. The Kier molecular flexibility index (Phi) is 8.44. The number of guanidine groups is 1. The molecular formula is C13H27N3O4S. The van der Waals surface area contributed by atoms with E-state index in [-0.39, 0.29) is 5.96 Å². The standard InChI is InChI=1S/C13H27N3O4S/c1-2-3-4-5-6-7-8-9-10-11-12-16-13(14)15-19-21(17,18)20-16/h2-12H2,1H3,(H2,14,15). The maximum Gasteiger partial charge on any atom is 0.491 e. The normalized spacial score (nSPS) is 17.4. The molecule has 21 heavy (non-hydrogen) atoms. The van der Waals surface area contributed by atoms with Gasteiger partial charge in [0.25, 0.3) is 5.96 Å². The van der Waals surface area contributed by atoms with E-state index in [1.54, 1.807) is 0 Å². The fourth-order valence-corrected chi connectivity index (χ4v) is 2.75. The summed E-state index contributed by atoms with van der Waals surface area (Å²) >= 11 is 0. The van der Waals surface area contributed by atoms with Crippen molar-refractivity contribution in [3.63, 3.8) is 0 Å². The van der Waals surface area contributed by atoms with Crippen LogP contribution in [0.2, 0.25) is 0 Å². The number of unbranched alkanes of at least 4 members (excludes halogenated alkanes) is 9. The topological polar surface area (TPSA) is 94.2 Å². The molecule has 0 spiro atoms. The highest BCUT2D eigenvalue weighted by Gasteiger charge is 2.26. The second-order valence-corrected chi connectivity index (χ2v) is 6.41. The summed E-state index contributed by atoms with van der Waals surface area (Å²) in [5, 5.41) is 4.29. The van der Waals surface area contributed by atoms with Crippen molar-refractivity contribution in [2.24, 2.45) is 10.9 Å². The first-order chi connectivity index (χ1) is 10.0. The minimum atomic E-state index is -4.07. The predicted octanol–water partition coefficient (Wildman–Crippen LogP) is 2.65. The first-order valence-corrected chi connectivity index (χ1v) is 9.12. The van der Waals surface area contributed by atoms with E-state index in [1.807, 2.05) is 0 Å². The molecule has 0 atom stereocenters. The Morgan fingerprint density at radius 3 is 2.10 bits per heavy atom. The first-order valence-electron chi connectivity index (χ1n) is 7.79. The molecule has 0 aromatic heterocycles. The van der Waals surface area contributed by atoms with Crippen molar-refractivity contribution in [3.8, 4) is 0 Å². The average molecular weight is 321 g/mol. The van der Waals surface area contributed by atoms with Crippen LogP contribution in [0.15, 0.2) is 5.16 Å². The number of rotatable bonds is 11. The molecule has 2 N–H and O–H groups in total. The van der Waals surface area contributed by atoms with Gasteiger partial charge in [-0.1, -0.05) is 64.7 Å². The van der Waals surface area contributed by atoms with Crippen LogP contribution >= 0.6 is 0 Å². The molecule has 0 radical (unpaired) electrons. The van der Waals surface area contributed by atoms with E-state index < -0.39 is 10.4 Å². The van der Waals surface area contributed by atoms with Crippen LogP contribution in [0, 0.1) is 0 Å². The van der Waals surface area contributed by atoms with E-state index >= 15 is 0 Å². The van der Waals surface area contributed by atoms with Gasteiger partial charge in [-0.3, -0.25) is 0 Å². The van der Waals surface area contributed by atoms with E-state index in [2.05, 4.69) is 20.6 Å². The third kappa shape index (κ3) is 8.11. The van der Waals surface area contributed by atoms with Crippen molar-refractivity contribution in [2.75, 3.05) is 6.54 Å². The molecule has 1 aliphatic rings. The predicted molar refractivity (Wildman–Crippen MR) is 81.3 cm³/mol. The van der Waals surface area contributed by atoms with Gasteiger partial charge in [-0.25, -0.2) is 4.28 Å². The van der Waals surface area contributed by atoms with Gasteiger partial charge in [0.15, 0.2) is 0 Å². The minimum Gasteiger partial charge on any atom is -0.365 e. The van der Waals surface area contributed by atoms with Crippen LogP contribution in [0.1, 0.15) is 71.1 Å². The Labute approximate surface area is 127 Å². The van der Waals surface area contributed by atoms with Crippen molar-refractivity contribution in [3.05, 3.63) is 0 Å². The molecule has 0 aromatic carbocycles. The molecule has 0 saturated heterocycles. The third-order valence-electron chi connectivity index (χ3n) is 3.37. The van der Waals surface area contributed by atoms with Gasteiger partial charge >= 0.3 is 10.4 Å². The minimum absolute atomic E-state index is 0.0688. The molecule has 1 rings (SSSR count). The lowest BCUT2D eigenvalue weighted by Crippen LogP contribution is -2.43. The molecule has 7 nitrogen and oxygen atoms in total. The second kappa shape index (κ2) is 9.83. The Morgan fingerprint density at radius 2 is 1.52 bits per heavy atom. The Morgan fingerprint density at radius 1 is 1.00 bits per heavy atom. The maximum atomic E-state index is 11.0. The Bertz CT molecular complexity index is 412. The lowest BCUT2D eigenvalue weighted by molar-refractivity contribution is -0.0148. The van der Waals surface area contributed by atoms with Gasteiger partial charge in [-0.05, 0) is 11.6 Å². The van der Waals surface area contributed by atoms with Crippen LogP contribution in [0.5, 0.6) is 0 Å². The highest BCUT2D eigenvalue weighted by molar-refractivity contribution is 7.81.